The van der Waals surface area contributed by atoms with Crippen molar-refractivity contribution < 1.29 is 0 Å². The van der Waals surface area contributed by atoms with E-state index in [0.717, 1.165) is 0 Å². The standard InChI is InChI=1S/C15H20N2S/c1-9-7-10(2)14(11(3)8-9)15(17-16)13-6-5-12(4)18-13/h5-8,15,17H,16H2,1-4H3. The molecule has 3 heteroatoms. The highest BCUT2D eigenvalue weighted by Gasteiger charge is 2.18. The first-order chi connectivity index (χ1) is 8.52. The van der Waals surface area contributed by atoms with Crippen LogP contribution in [0, 0.1) is 27.7 Å². The third-order valence-corrected chi connectivity index (χ3v) is 4.30. The molecule has 0 radical (unpaired) electrons. The van der Waals surface area contributed by atoms with Gasteiger partial charge in [-0.1, -0.05) is 17.7 Å². The van der Waals surface area contributed by atoms with E-state index in [0.29, 0.717) is 0 Å². The molecule has 0 saturated carbocycles. The Morgan fingerprint density at radius 1 is 1.06 bits per heavy atom. The van der Waals surface area contributed by atoms with Crippen molar-refractivity contribution in [3.05, 3.63) is 56.3 Å². The highest BCUT2D eigenvalue weighted by atomic mass is 32.1. The summed E-state index contributed by atoms with van der Waals surface area (Å²) >= 11 is 1.79. The minimum Gasteiger partial charge on any atom is -0.271 e. The number of thiophene rings is 1. The summed E-state index contributed by atoms with van der Waals surface area (Å²) in [4.78, 5) is 2.58. The monoisotopic (exact) mass is 260 g/mol. The van der Waals surface area contributed by atoms with Gasteiger partial charge in [0.1, 0.15) is 0 Å². The van der Waals surface area contributed by atoms with Crippen LogP contribution in [-0.2, 0) is 0 Å². The zero-order valence-electron chi connectivity index (χ0n) is 11.4. The molecular weight excluding hydrogens is 240 g/mol. The molecule has 2 aromatic rings. The fourth-order valence-electron chi connectivity index (χ4n) is 2.56. The van der Waals surface area contributed by atoms with E-state index in [1.165, 1.54) is 32.0 Å². The Balaban J connectivity index is 2.51. The Bertz CT molecular complexity index is 534. The van der Waals surface area contributed by atoms with Gasteiger partial charge in [0.15, 0.2) is 0 Å². The second-order valence-electron chi connectivity index (χ2n) is 4.86. The van der Waals surface area contributed by atoms with Crippen molar-refractivity contribution in [3.63, 3.8) is 0 Å². The maximum absolute atomic E-state index is 5.78. The molecule has 0 aliphatic rings. The summed E-state index contributed by atoms with van der Waals surface area (Å²) in [6.45, 7) is 8.56. The van der Waals surface area contributed by atoms with Gasteiger partial charge in [0.2, 0.25) is 0 Å². The molecule has 0 aliphatic heterocycles. The van der Waals surface area contributed by atoms with Crippen molar-refractivity contribution in [1.82, 2.24) is 5.43 Å². The molecule has 0 spiro atoms. The van der Waals surface area contributed by atoms with Gasteiger partial charge in [-0.25, -0.2) is 5.43 Å². The van der Waals surface area contributed by atoms with Crippen LogP contribution in [0.15, 0.2) is 24.3 Å². The Labute approximate surface area is 113 Å². The van der Waals surface area contributed by atoms with E-state index in [1.807, 2.05) is 0 Å². The first-order valence-electron chi connectivity index (χ1n) is 6.13. The molecular formula is C15H20N2S. The number of rotatable bonds is 3. The predicted molar refractivity (Wildman–Crippen MR) is 78.9 cm³/mol. The van der Waals surface area contributed by atoms with Gasteiger partial charge < -0.3 is 0 Å². The molecule has 0 bridgehead atoms. The Hall–Kier alpha value is -1.16. The Morgan fingerprint density at radius 2 is 1.67 bits per heavy atom. The average Bonchev–Trinajstić information content (AvgIpc) is 2.69. The topological polar surface area (TPSA) is 38.0 Å². The zero-order chi connectivity index (χ0) is 13.3. The number of benzene rings is 1. The van der Waals surface area contributed by atoms with Crippen molar-refractivity contribution >= 4 is 11.3 Å². The van der Waals surface area contributed by atoms with E-state index in [1.54, 1.807) is 11.3 Å². The van der Waals surface area contributed by atoms with Gasteiger partial charge in [-0.05, 0) is 56.5 Å². The Morgan fingerprint density at radius 3 is 2.11 bits per heavy atom. The van der Waals surface area contributed by atoms with Crippen LogP contribution in [0.5, 0.6) is 0 Å². The highest BCUT2D eigenvalue weighted by Crippen LogP contribution is 2.32. The molecule has 1 aromatic heterocycles. The van der Waals surface area contributed by atoms with E-state index < -0.39 is 0 Å². The normalized spacial score (nSPS) is 12.7. The number of hydrazine groups is 1. The number of hydrogen-bond donors (Lipinski definition) is 2. The minimum absolute atomic E-state index is 0.0873. The van der Waals surface area contributed by atoms with E-state index in [2.05, 4.69) is 57.4 Å². The lowest BCUT2D eigenvalue weighted by atomic mass is 9.93. The van der Waals surface area contributed by atoms with Gasteiger partial charge in [-0.15, -0.1) is 11.3 Å². The van der Waals surface area contributed by atoms with Crippen molar-refractivity contribution in [2.75, 3.05) is 0 Å². The smallest absolute Gasteiger partial charge is 0.0807 e. The molecule has 1 unspecified atom stereocenters. The van der Waals surface area contributed by atoms with Crippen LogP contribution >= 0.6 is 11.3 Å². The van der Waals surface area contributed by atoms with Crippen molar-refractivity contribution in [2.24, 2.45) is 5.84 Å². The summed E-state index contributed by atoms with van der Waals surface area (Å²) in [5.74, 6) is 5.78. The maximum Gasteiger partial charge on any atom is 0.0807 e. The van der Waals surface area contributed by atoms with Gasteiger partial charge >= 0.3 is 0 Å². The fraction of sp³-hybridized carbons (Fsp3) is 0.333. The second kappa shape index (κ2) is 5.22. The molecule has 96 valence electrons. The van der Waals surface area contributed by atoms with E-state index in [9.17, 15) is 0 Å². The number of nitrogens with one attached hydrogen (secondary N) is 1. The number of nitrogens with two attached hydrogens (primary N) is 1. The molecule has 1 atom stereocenters. The molecule has 1 aromatic carbocycles. The van der Waals surface area contributed by atoms with Crippen molar-refractivity contribution in [1.29, 1.82) is 0 Å². The van der Waals surface area contributed by atoms with Gasteiger partial charge in [0, 0.05) is 9.75 Å². The van der Waals surface area contributed by atoms with Crippen molar-refractivity contribution in [2.45, 2.75) is 33.7 Å². The van der Waals surface area contributed by atoms with Gasteiger partial charge in [-0.3, -0.25) is 5.84 Å². The number of hydrogen-bond acceptors (Lipinski definition) is 3. The van der Waals surface area contributed by atoms with Crippen LogP contribution in [0.4, 0.5) is 0 Å². The molecule has 2 nitrogen and oxygen atoms in total. The third kappa shape index (κ3) is 2.48. The van der Waals surface area contributed by atoms with E-state index in [4.69, 9.17) is 5.84 Å². The summed E-state index contributed by atoms with van der Waals surface area (Å²) in [6, 6.07) is 8.82. The SMILES string of the molecule is Cc1cc(C)c(C(NN)c2ccc(C)s2)c(C)c1. The molecule has 0 fully saturated rings. The molecule has 0 aliphatic carbocycles. The lowest BCUT2D eigenvalue weighted by molar-refractivity contribution is 0.639. The summed E-state index contributed by atoms with van der Waals surface area (Å²) in [6.07, 6.45) is 0. The van der Waals surface area contributed by atoms with E-state index >= 15 is 0 Å². The van der Waals surface area contributed by atoms with Crippen LogP contribution in [0.2, 0.25) is 0 Å². The van der Waals surface area contributed by atoms with Crippen LogP contribution in [0.1, 0.15) is 38.0 Å². The number of aryl methyl sites for hydroxylation is 4. The van der Waals surface area contributed by atoms with Crippen LogP contribution in [-0.4, -0.2) is 0 Å². The highest BCUT2D eigenvalue weighted by molar-refractivity contribution is 7.12. The first-order valence-corrected chi connectivity index (χ1v) is 6.94. The molecule has 2 rings (SSSR count). The largest absolute Gasteiger partial charge is 0.271 e. The summed E-state index contributed by atoms with van der Waals surface area (Å²) in [7, 11) is 0. The van der Waals surface area contributed by atoms with Crippen LogP contribution < -0.4 is 11.3 Å². The van der Waals surface area contributed by atoms with Crippen molar-refractivity contribution in [3.8, 4) is 0 Å². The lowest BCUT2D eigenvalue weighted by Gasteiger charge is -2.20. The quantitative estimate of drug-likeness (QED) is 0.654. The fourth-order valence-corrected chi connectivity index (χ4v) is 3.51. The maximum atomic E-state index is 5.78. The first kappa shape index (κ1) is 13.3. The molecule has 1 heterocycles. The summed E-state index contributed by atoms with van der Waals surface area (Å²) in [5, 5.41) is 0. The average molecular weight is 260 g/mol. The van der Waals surface area contributed by atoms with Gasteiger partial charge in [0.05, 0.1) is 6.04 Å². The van der Waals surface area contributed by atoms with Gasteiger partial charge in [-0.2, -0.15) is 0 Å². The van der Waals surface area contributed by atoms with Crippen LogP contribution in [0.25, 0.3) is 0 Å². The minimum atomic E-state index is 0.0873. The second-order valence-corrected chi connectivity index (χ2v) is 6.18. The lowest BCUT2D eigenvalue weighted by Crippen LogP contribution is -2.29. The molecule has 18 heavy (non-hydrogen) atoms. The van der Waals surface area contributed by atoms with Gasteiger partial charge in [0.25, 0.3) is 0 Å². The molecule has 0 amide bonds. The summed E-state index contributed by atoms with van der Waals surface area (Å²) < 4.78 is 0. The van der Waals surface area contributed by atoms with E-state index in [-0.39, 0.29) is 6.04 Å². The van der Waals surface area contributed by atoms with Crippen LogP contribution in [0.3, 0.4) is 0 Å². The molecule has 3 N–H and O–H groups in total. The third-order valence-electron chi connectivity index (χ3n) is 3.24. The zero-order valence-corrected chi connectivity index (χ0v) is 12.2. The predicted octanol–water partition coefficient (Wildman–Crippen LogP) is 3.53. The molecule has 0 saturated heterocycles. The Kier molecular flexibility index (Phi) is 3.85. The summed E-state index contributed by atoms with van der Waals surface area (Å²) in [5.41, 5.74) is 8.14.